The fourth-order valence-electron chi connectivity index (χ4n) is 2.00. The van der Waals surface area contributed by atoms with Gasteiger partial charge in [0.1, 0.15) is 5.82 Å². The molecule has 0 aliphatic heterocycles. The van der Waals surface area contributed by atoms with Crippen LogP contribution in [0.4, 0.5) is 11.5 Å². The van der Waals surface area contributed by atoms with Gasteiger partial charge < -0.3 is 11.1 Å². The minimum absolute atomic E-state index is 0.768. The number of nitrogens with zero attached hydrogens (tertiary/aromatic N) is 1. The van der Waals surface area contributed by atoms with E-state index in [4.69, 9.17) is 5.73 Å². The van der Waals surface area contributed by atoms with Crippen molar-refractivity contribution < 1.29 is 0 Å². The zero-order valence-electron chi connectivity index (χ0n) is 10.7. The molecule has 0 spiro atoms. The van der Waals surface area contributed by atoms with Gasteiger partial charge in [-0.25, -0.2) is 4.98 Å². The van der Waals surface area contributed by atoms with Crippen LogP contribution in [-0.4, -0.2) is 4.98 Å². The number of nitrogens with two attached hydrogens (primary N) is 1. The van der Waals surface area contributed by atoms with Crippen LogP contribution in [-0.2, 0) is 6.54 Å². The summed E-state index contributed by atoms with van der Waals surface area (Å²) < 4.78 is 0. The molecular formula is C15H15N3S. The van der Waals surface area contributed by atoms with Crippen molar-refractivity contribution in [2.45, 2.75) is 13.5 Å². The summed E-state index contributed by atoms with van der Waals surface area (Å²) in [6.45, 7) is 2.95. The van der Waals surface area contributed by atoms with Crippen LogP contribution < -0.4 is 11.1 Å². The van der Waals surface area contributed by atoms with Gasteiger partial charge in [-0.15, -0.1) is 11.3 Å². The van der Waals surface area contributed by atoms with E-state index in [0.717, 1.165) is 29.0 Å². The topological polar surface area (TPSA) is 50.9 Å². The highest BCUT2D eigenvalue weighted by Gasteiger charge is 2.02. The average Bonchev–Trinajstić information content (AvgIpc) is 2.82. The average molecular weight is 269 g/mol. The summed E-state index contributed by atoms with van der Waals surface area (Å²) in [5.74, 6) is 0.894. The molecule has 1 aromatic carbocycles. The molecule has 3 rings (SSSR count). The van der Waals surface area contributed by atoms with Crippen molar-refractivity contribution in [3.63, 3.8) is 0 Å². The van der Waals surface area contributed by atoms with Crippen LogP contribution in [0.5, 0.6) is 0 Å². The van der Waals surface area contributed by atoms with E-state index >= 15 is 0 Å². The molecule has 0 aliphatic rings. The van der Waals surface area contributed by atoms with E-state index in [0.29, 0.717) is 0 Å². The first-order valence-corrected chi connectivity index (χ1v) is 7.03. The Morgan fingerprint density at radius 3 is 2.89 bits per heavy atom. The lowest BCUT2D eigenvalue weighted by Gasteiger charge is -2.06. The number of nitrogens with one attached hydrogen (secondary N) is 1. The highest BCUT2D eigenvalue weighted by Crippen LogP contribution is 2.20. The third kappa shape index (κ3) is 2.53. The lowest BCUT2D eigenvalue weighted by atomic mass is 10.2. The molecule has 96 valence electrons. The molecule has 3 N–H and O–H groups in total. The van der Waals surface area contributed by atoms with Gasteiger partial charge in [0, 0.05) is 16.0 Å². The SMILES string of the molecule is Cc1ccsc1CNc1ccc2cc(N)ccc2n1. The largest absolute Gasteiger partial charge is 0.399 e. The maximum atomic E-state index is 5.76. The van der Waals surface area contributed by atoms with Crippen molar-refractivity contribution in [3.8, 4) is 0 Å². The molecular weight excluding hydrogens is 254 g/mol. The van der Waals surface area contributed by atoms with Crippen molar-refractivity contribution in [3.05, 3.63) is 52.2 Å². The molecule has 4 heteroatoms. The second kappa shape index (κ2) is 4.90. The van der Waals surface area contributed by atoms with Gasteiger partial charge in [-0.1, -0.05) is 0 Å². The molecule has 3 nitrogen and oxygen atoms in total. The first-order chi connectivity index (χ1) is 9.22. The highest BCUT2D eigenvalue weighted by molar-refractivity contribution is 7.10. The zero-order chi connectivity index (χ0) is 13.2. The van der Waals surface area contributed by atoms with Crippen LogP contribution >= 0.6 is 11.3 Å². The Labute approximate surface area is 116 Å². The van der Waals surface area contributed by atoms with Gasteiger partial charge in [0.2, 0.25) is 0 Å². The number of rotatable bonds is 3. The Balaban J connectivity index is 1.82. The van der Waals surface area contributed by atoms with Crippen LogP contribution in [0.15, 0.2) is 41.8 Å². The van der Waals surface area contributed by atoms with E-state index in [2.05, 4.69) is 28.7 Å². The standard InChI is InChI=1S/C15H15N3S/c1-10-6-7-19-14(10)9-17-15-5-2-11-8-12(16)3-4-13(11)18-15/h2-8H,9,16H2,1H3,(H,17,18). The van der Waals surface area contributed by atoms with Crippen molar-refractivity contribution >= 4 is 33.7 Å². The van der Waals surface area contributed by atoms with E-state index in [9.17, 15) is 0 Å². The smallest absolute Gasteiger partial charge is 0.126 e. The van der Waals surface area contributed by atoms with Gasteiger partial charge in [-0.3, -0.25) is 0 Å². The van der Waals surface area contributed by atoms with Gasteiger partial charge in [0.25, 0.3) is 0 Å². The Kier molecular flexibility index (Phi) is 3.09. The fraction of sp³-hybridized carbons (Fsp3) is 0.133. The number of hydrogen-bond acceptors (Lipinski definition) is 4. The summed E-state index contributed by atoms with van der Waals surface area (Å²) >= 11 is 1.77. The van der Waals surface area contributed by atoms with Gasteiger partial charge in [-0.05, 0) is 54.3 Å². The van der Waals surface area contributed by atoms with Crippen LogP contribution in [0.2, 0.25) is 0 Å². The Morgan fingerprint density at radius 2 is 2.11 bits per heavy atom. The zero-order valence-corrected chi connectivity index (χ0v) is 11.5. The predicted molar refractivity (Wildman–Crippen MR) is 82.5 cm³/mol. The Bertz CT molecular complexity index is 718. The first kappa shape index (κ1) is 12.0. The van der Waals surface area contributed by atoms with E-state index < -0.39 is 0 Å². The Morgan fingerprint density at radius 1 is 1.21 bits per heavy atom. The van der Waals surface area contributed by atoms with Gasteiger partial charge in [0.05, 0.1) is 12.1 Å². The molecule has 0 radical (unpaired) electrons. The second-order valence-corrected chi connectivity index (χ2v) is 5.53. The van der Waals surface area contributed by atoms with Crippen molar-refractivity contribution in [1.29, 1.82) is 0 Å². The molecule has 3 aromatic rings. The summed E-state index contributed by atoms with van der Waals surface area (Å²) in [6, 6.07) is 11.9. The minimum Gasteiger partial charge on any atom is -0.399 e. The third-order valence-corrected chi connectivity index (χ3v) is 4.13. The van der Waals surface area contributed by atoms with Crippen LogP contribution in [0.3, 0.4) is 0 Å². The van der Waals surface area contributed by atoms with Crippen molar-refractivity contribution in [1.82, 2.24) is 4.98 Å². The number of hydrogen-bond donors (Lipinski definition) is 2. The molecule has 0 fully saturated rings. The molecule has 2 aromatic heterocycles. The number of pyridine rings is 1. The molecule has 0 saturated carbocycles. The highest BCUT2D eigenvalue weighted by atomic mass is 32.1. The maximum Gasteiger partial charge on any atom is 0.126 e. The summed E-state index contributed by atoms with van der Waals surface area (Å²) in [6.07, 6.45) is 0. The Hall–Kier alpha value is -2.07. The second-order valence-electron chi connectivity index (χ2n) is 4.53. The molecule has 0 unspecified atom stereocenters. The fourth-order valence-corrected chi connectivity index (χ4v) is 2.84. The summed E-state index contributed by atoms with van der Waals surface area (Å²) in [5.41, 5.74) is 8.81. The lowest BCUT2D eigenvalue weighted by Crippen LogP contribution is -2.00. The number of aromatic nitrogens is 1. The van der Waals surface area contributed by atoms with E-state index in [1.165, 1.54) is 10.4 Å². The van der Waals surface area contributed by atoms with Crippen LogP contribution in [0, 0.1) is 6.92 Å². The minimum atomic E-state index is 0.768. The number of anilines is 2. The number of thiophene rings is 1. The van der Waals surface area contributed by atoms with Crippen molar-refractivity contribution in [2.75, 3.05) is 11.1 Å². The number of benzene rings is 1. The molecule has 2 heterocycles. The summed E-state index contributed by atoms with van der Waals surface area (Å²) in [4.78, 5) is 5.93. The number of aryl methyl sites for hydroxylation is 1. The van der Waals surface area contributed by atoms with Crippen molar-refractivity contribution in [2.24, 2.45) is 0 Å². The first-order valence-electron chi connectivity index (χ1n) is 6.15. The molecule has 19 heavy (non-hydrogen) atoms. The summed E-state index contributed by atoms with van der Waals surface area (Å²) in [7, 11) is 0. The van der Waals surface area contributed by atoms with Crippen LogP contribution in [0.25, 0.3) is 10.9 Å². The normalized spacial score (nSPS) is 10.8. The maximum absolute atomic E-state index is 5.76. The van der Waals surface area contributed by atoms with Gasteiger partial charge in [0.15, 0.2) is 0 Å². The van der Waals surface area contributed by atoms with E-state index in [1.807, 2.05) is 30.3 Å². The summed E-state index contributed by atoms with van der Waals surface area (Å²) in [5, 5.41) is 6.54. The molecule has 0 aliphatic carbocycles. The monoisotopic (exact) mass is 269 g/mol. The van der Waals surface area contributed by atoms with E-state index in [1.54, 1.807) is 11.3 Å². The molecule has 0 saturated heterocycles. The van der Waals surface area contributed by atoms with E-state index in [-0.39, 0.29) is 0 Å². The number of fused-ring (bicyclic) bond motifs is 1. The molecule has 0 atom stereocenters. The van der Waals surface area contributed by atoms with Crippen LogP contribution in [0.1, 0.15) is 10.4 Å². The molecule has 0 amide bonds. The quantitative estimate of drug-likeness (QED) is 0.711. The predicted octanol–water partition coefficient (Wildman–Crippen LogP) is 3.80. The van der Waals surface area contributed by atoms with Gasteiger partial charge in [-0.2, -0.15) is 0 Å². The third-order valence-electron chi connectivity index (χ3n) is 3.11. The molecule has 0 bridgehead atoms. The van der Waals surface area contributed by atoms with Gasteiger partial charge >= 0.3 is 0 Å². The number of nitrogen functional groups attached to an aromatic ring is 1. The lowest BCUT2D eigenvalue weighted by molar-refractivity contribution is 1.14.